The Labute approximate surface area is 149 Å². The topological polar surface area (TPSA) is 81.6 Å². The van der Waals surface area contributed by atoms with Crippen LogP contribution in [0.25, 0.3) is 0 Å². The zero-order valence-corrected chi connectivity index (χ0v) is 15.3. The summed E-state index contributed by atoms with van der Waals surface area (Å²) in [6, 6.07) is 1.94. The van der Waals surface area contributed by atoms with Gasteiger partial charge in [0, 0.05) is 63.4 Å². The fraction of sp³-hybridized carbons (Fsp3) is 0.722. The van der Waals surface area contributed by atoms with E-state index in [9.17, 15) is 4.79 Å². The summed E-state index contributed by atoms with van der Waals surface area (Å²) in [5.41, 5.74) is 1.08. The number of hydrogen-bond acceptors (Lipinski definition) is 6. The number of carbonyl (C=O) groups is 1. The van der Waals surface area contributed by atoms with Gasteiger partial charge in [-0.25, -0.2) is 4.98 Å². The molecule has 2 fully saturated rings. The molecule has 0 aromatic carbocycles. The molecular weight excluding hydrogens is 318 g/mol. The monoisotopic (exact) mass is 347 g/mol. The smallest absolute Gasteiger partial charge is 0.227 e. The first-order chi connectivity index (χ1) is 12.0. The van der Waals surface area contributed by atoms with Crippen molar-refractivity contribution < 1.29 is 9.90 Å². The van der Waals surface area contributed by atoms with Gasteiger partial charge in [-0.2, -0.15) is 4.98 Å². The minimum atomic E-state index is 0.120. The molecule has 7 nitrogen and oxygen atoms in total. The molecule has 138 valence electrons. The van der Waals surface area contributed by atoms with Crippen molar-refractivity contribution in [3.63, 3.8) is 0 Å². The summed E-state index contributed by atoms with van der Waals surface area (Å²) in [4.78, 5) is 25.7. The van der Waals surface area contributed by atoms with Crippen LogP contribution in [0.15, 0.2) is 6.07 Å². The van der Waals surface area contributed by atoms with E-state index in [2.05, 4.69) is 20.2 Å². The summed E-state index contributed by atoms with van der Waals surface area (Å²) in [6.07, 6.45) is 4.42. The van der Waals surface area contributed by atoms with E-state index in [0.29, 0.717) is 19.4 Å². The van der Waals surface area contributed by atoms with Crippen LogP contribution in [0.1, 0.15) is 37.8 Å². The highest BCUT2D eigenvalue weighted by Crippen LogP contribution is 2.39. The third kappa shape index (κ3) is 4.03. The lowest BCUT2D eigenvalue weighted by molar-refractivity contribution is -0.138. The molecule has 2 saturated heterocycles. The molecule has 1 amide bonds. The molecule has 1 atom stereocenters. The van der Waals surface area contributed by atoms with Crippen molar-refractivity contribution in [2.75, 3.05) is 50.1 Å². The van der Waals surface area contributed by atoms with E-state index in [1.54, 1.807) is 0 Å². The van der Waals surface area contributed by atoms with Gasteiger partial charge in [0.05, 0.1) is 0 Å². The van der Waals surface area contributed by atoms with Gasteiger partial charge in [-0.05, 0) is 32.6 Å². The van der Waals surface area contributed by atoms with Gasteiger partial charge in [0.1, 0.15) is 5.82 Å². The predicted octanol–water partition coefficient (Wildman–Crippen LogP) is 1.42. The van der Waals surface area contributed by atoms with Gasteiger partial charge in [0.15, 0.2) is 0 Å². The minimum Gasteiger partial charge on any atom is -0.396 e. The largest absolute Gasteiger partial charge is 0.396 e. The Morgan fingerprint density at radius 2 is 2.16 bits per heavy atom. The fourth-order valence-corrected chi connectivity index (χ4v) is 4.10. The highest BCUT2D eigenvalue weighted by molar-refractivity contribution is 5.77. The number of piperidine rings is 2. The first-order valence-electron chi connectivity index (χ1n) is 9.22. The molecule has 1 spiro atoms. The summed E-state index contributed by atoms with van der Waals surface area (Å²) in [5.74, 6) is 1.84. The van der Waals surface area contributed by atoms with Crippen molar-refractivity contribution in [1.82, 2.24) is 14.9 Å². The van der Waals surface area contributed by atoms with Crippen molar-refractivity contribution in [2.45, 2.75) is 39.0 Å². The van der Waals surface area contributed by atoms with E-state index in [1.165, 1.54) is 0 Å². The second kappa shape index (κ2) is 7.56. The van der Waals surface area contributed by atoms with Crippen molar-refractivity contribution in [1.29, 1.82) is 0 Å². The number of aliphatic hydroxyl groups excluding tert-OH is 1. The van der Waals surface area contributed by atoms with Crippen LogP contribution in [0.4, 0.5) is 11.8 Å². The third-order valence-corrected chi connectivity index (χ3v) is 5.38. The second-order valence-corrected chi connectivity index (χ2v) is 7.36. The second-order valence-electron chi connectivity index (χ2n) is 7.36. The maximum absolute atomic E-state index is 12.2. The average molecular weight is 347 g/mol. The number of aliphatic hydroxyl groups is 1. The lowest BCUT2D eigenvalue weighted by atomic mass is 9.73. The number of aryl methyl sites for hydroxylation is 1. The van der Waals surface area contributed by atoms with Crippen LogP contribution in [0.5, 0.6) is 0 Å². The Morgan fingerprint density at radius 3 is 2.92 bits per heavy atom. The van der Waals surface area contributed by atoms with Gasteiger partial charge in [0.2, 0.25) is 11.9 Å². The summed E-state index contributed by atoms with van der Waals surface area (Å²) in [6.45, 7) is 5.41. The summed E-state index contributed by atoms with van der Waals surface area (Å²) in [7, 11) is 1.87. The van der Waals surface area contributed by atoms with Crippen LogP contribution in [0.3, 0.4) is 0 Å². The van der Waals surface area contributed by atoms with Gasteiger partial charge in [-0.15, -0.1) is 0 Å². The number of anilines is 2. The SMILES string of the molecule is CNc1cc(C)nc(N2CCC[C@@]3(CCC(=O)N(CCCO)C3)C2)n1. The maximum Gasteiger partial charge on any atom is 0.227 e. The lowest BCUT2D eigenvalue weighted by Crippen LogP contribution is -2.54. The summed E-state index contributed by atoms with van der Waals surface area (Å²) < 4.78 is 0. The summed E-state index contributed by atoms with van der Waals surface area (Å²) in [5, 5.41) is 12.2. The number of nitrogens with zero attached hydrogens (tertiary/aromatic N) is 4. The van der Waals surface area contributed by atoms with Crippen LogP contribution in [-0.2, 0) is 4.79 Å². The first kappa shape index (κ1) is 17.9. The highest BCUT2D eigenvalue weighted by Gasteiger charge is 2.42. The van der Waals surface area contributed by atoms with Gasteiger partial charge in [0.25, 0.3) is 0 Å². The number of rotatable bonds is 5. The van der Waals surface area contributed by atoms with Gasteiger partial charge < -0.3 is 20.2 Å². The van der Waals surface area contributed by atoms with Crippen molar-refractivity contribution in [3.05, 3.63) is 11.8 Å². The highest BCUT2D eigenvalue weighted by atomic mass is 16.3. The molecule has 0 bridgehead atoms. The van der Waals surface area contributed by atoms with Crippen molar-refractivity contribution in [2.24, 2.45) is 5.41 Å². The number of aromatic nitrogens is 2. The number of carbonyl (C=O) groups excluding carboxylic acids is 1. The van der Waals surface area contributed by atoms with E-state index in [-0.39, 0.29) is 17.9 Å². The summed E-state index contributed by atoms with van der Waals surface area (Å²) >= 11 is 0. The Kier molecular flexibility index (Phi) is 5.42. The molecule has 2 aliphatic rings. The Hall–Kier alpha value is -1.89. The Balaban J connectivity index is 1.76. The van der Waals surface area contributed by atoms with Crippen LogP contribution in [0, 0.1) is 12.3 Å². The molecule has 25 heavy (non-hydrogen) atoms. The standard InChI is InChI=1S/C18H29N5O2/c1-14-11-15(19-2)21-17(20-14)23-8-3-6-18(13-23)7-5-16(25)22(12-18)9-4-10-24/h11,24H,3-10,12-13H2,1-2H3,(H,19,20,21)/t18-/m0/s1. The Bertz CT molecular complexity index is 623. The van der Waals surface area contributed by atoms with Gasteiger partial charge >= 0.3 is 0 Å². The normalized spacial score (nSPS) is 24.0. The quantitative estimate of drug-likeness (QED) is 0.838. The van der Waals surface area contributed by atoms with Crippen LogP contribution in [-0.4, -0.2) is 65.7 Å². The third-order valence-electron chi connectivity index (χ3n) is 5.38. The molecule has 3 heterocycles. The molecule has 2 aliphatic heterocycles. The number of amides is 1. The molecule has 0 saturated carbocycles. The molecule has 3 rings (SSSR count). The fourth-order valence-electron chi connectivity index (χ4n) is 4.10. The maximum atomic E-state index is 12.2. The van der Waals surface area contributed by atoms with Crippen LogP contribution in [0.2, 0.25) is 0 Å². The molecule has 0 radical (unpaired) electrons. The number of likely N-dealkylation sites (tertiary alicyclic amines) is 1. The van der Waals surface area contributed by atoms with Crippen molar-refractivity contribution in [3.8, 4) is 0 Å². The average Bonchev–Trinajstić information content (AvgIpc) is 2.62. The van der Waals surface area contributed by atoms with Crippen LogP contribution < -0.4 is 10.2 Å². The van der Waals surface area contributed by atoms with E-state index in [1.807, 2.05) is 24.9 Å². The zero-order valence-electron chi connectivity index (χ0n) is 15.3. The molecule has 2 N–H and O–H groups in total. The van der Waals surface area contributed by atoms with Gasteiger partial charge in [-0.3, -0.25) is 4.79 Å². The van der Waals surface area contributed by atoms with Gasteiger partial charge in [-0.1, -0.05) is 0 Å². The van der Waals surface area contributed by atoms with E-state index in [4.69, 9.17) is 5.11 Å². The number of hydrogen-bond donors (Lipinski definition) is 2. The van der Waals surface area contributed by atoms with E-state index in [0.717, 1.165) is 56.4 Å². The minimum absolute atomic E-state index is 0.120. The van der Waals surface area contributed by atoms with Crippen molar-refractivity contribution >= 4 is 17.7 Å². The lowest BCUT2D eigenvalue weighted by Gasteiger charge is -2.48. The number of nitrogens with one attached hydrogen (secondary N) is 1. The Morgan fingerprint density at radius 1 is 1.32 bits per heavy atom. The van der Waals surface area contributed by atoms with E-state index >= 15 is 0 Å². The molecule has 0 aliphatic carbocycles. The first-order valence-corrected chi connectivity index (χ1v) is 9.22. The molecular formula is C18H29N5O2. The molecule has 1 aromatic heterocycles. The molecule has 1 aromatic rings. The predicted molar refractivity (Wildman–Crippen MR) is 97.7 cm³/mol. The van der Waals surface area contributed by atoms with E-state index < -0.39 is 0 Å². The molecule has 0 unspecified atom stereocenters. The van der Waals surface area contributed by atoms with Crippen LogP contribution >= 0.6 is 0 Å². The zero-order chi connectivity index (χ0) is 17.9. The molecule has 7 heteroatoms.